The van der Waals surface area contributed by atoms with Crippen molar-refractivity contribution in [1.82, 2.24) is 10.3 Å². The highest BCUT2D eigenvalue weighted by Crippen LogP contribution is 2.14. The predicted octanol–water partition coefficient (Wildman–Crippen LogP) is 3.85. The number of halogens is 1. The molecule has 3 rings (SSSR count). The Hall–Kier alpha value is -3.44. The van der Waals surface area contributed by atoms with Crippen molar-refractivity contribution < 1.29 is 9.59 Å². The monoisotopic (exact) mass is 393 g/mol. The topological polar surface area (TPSA) is 85.1 Å². The number of hydrogen-bond donors (Lipinski definition) is 2. The third kappa shape index (κ3) is 7.43. The van der Waals surface area contributed by atoms with E-state index in [0.717, 1.165) is 11.1 Å². The molecule has 3 aromatic rings. The van der Waals surface area contributed by atoms with E-state index in [9.17, 15) is 9.59 Å². The van der Waals surface area contributed by atoms with E-state index in [1.54, 1.807) is 42.7 Å². The Labute approximate surface area is 168 Å². The van der Waals surface area contributed by atoms with Gasteiger partial charge in [0.15, 0.2) is 0 Å². The Kier molecular flexibility index (Phi) is 8.43. The van der Waals surface area contributed by atoms with Crippen molar-refractivity contribution in [2.45, 2.75) is 6.54 Å². The van der Waals surface area contributed by atoms with Crippen molar-refractivity contribution in [3.63, 3.8) is 0 Å². The zero-order valence-corrected chi connectivity index (χ0v) is 15.8. The van der Waals surface area contributed by atoms with Crippen LogP contribution in [0.15, 0.2) is 85.2 Å². The average Bonchev–Trinajstić information content (AvgIpc) is 2.73. The zero-order valence-electron chi connectivity index (χ0n) is 15.1. The molecule has 142 valence electrons. The van der Waals surface area contributed by atoms with Gasteiger partial charge in [-0.2, -0.15) is 0 Å². The Bertz CT molecular complexity index is 929. The number of carbonyl (C=O) groups is 2. The quantitative estimate of drug-likeness (QED) is 0.645. The van der Waals surface area contributed by atoms with Gasteiger partial charge < -0.3 is 11.1 Å². The molecule has 0 aliphatic heterocycles. The van der Waals surface area contributed by atoms with E-state index in [1.807, 2.05) is 42.5 Å². The number of aromatic nitrogens is 1. The lowest BCUT2D eigenvalue weighted by Crippen LogP contribution is -2.22. The minimum Gasteiger partial charge on any atom is -0.366 e. The lowest BCUT2D eigenvalue weighted by molar-refractivity contribution is -0.113. The van der Waals surface area contributed by atoms with Crippen LogP contribution in [0.4, 0.5) is 0 Å². The number of rotatable bonds is 5. The Balaban J connectivity index is 0.000000221. The maximum Gasteiger partial charge on any atom is 0.251 e. The summed E-state index contributed by atoms with van der Waals surface area (Å²) in [7, 11) is 0. The second-order valence-electron chi connectivity index (χ2n) is 5.66. The molecule has 6 heteroatoms. The minimum atomic E-state index is -0.443. The molecule has 0 bridgehead atoms. The van der Waals surface area contributed by atoms with E-state index in [0.29, 0.717) is 17.1 Å². The lowest BCUT2D eigenvalue weighted by Gasteiger charge is -2.06. The van der Waals surface area contributed by atoms with Crippen LogP contribution < -0.4 is 11.1 Å². The highest BCUT2D eigenvalue weighted by molar-refractivity contribution is 6.31. The minimum absolute atomic E-state index is 0.0921. The molecular formula is C22H20ClN3O2. The van der Waals surface area contributed by atoms with E-state index in [4.69, 9.17) is 17.3 Å². The van der Waals surface area contributed by atoms with Crippen LogP contribution in [0.5, 0.6) is 0 Å². The summed E-state index contributed by atoms with van der Waals surface area (Å²) in [4.78, 5) is 25.9. The van der Waals surface area contributed by atoms with Gasteiger partial charge in [0, 0.05) is 35.6 Å². The van der Waals surface area contributed by atoms with Crippen LogP contribution in [0.3, 0.4) is 0 Å². The summed E-state index contributed by atoms with van der Waals surface area (Å²) >= 11 is 6.00. The predicted molar refractivity (Wildman–Crippen MR) is 112 cm³/mol. The summed E-state index contributed by atoms with van der Waals surface area (Å²) in [5, 5.41) is 3.50. The van der Waals surface area contributed by atoms with Crippen LogP contribution in [-0.4, -0.2) is 16.8 Å². The Morgan fingerprint density at radius 3 is 2.25 bits per heavy atom. The SMILES string of the molecule is NC(=O)/C=C/c1ccncc1.O=C(NCc1ccccc1Cl)c1ccccc1. The fourth-order valence-electron chi connectivity index (χ4n) is 2.16. The molecule has 0 unspecified atom stereocenters. The maximum absolute atomic E-state index is 11.8. The second-order valence-corrected chi connectivity index (χ2v) is 6.06. The van der Waals surface area contributed by atoms with Gasteiger partial charge in [0.1, 0.15) is 0 Å². The summed E-state index contributed by atoms with van der Waals surface area (Å²) in [6, 6.07) is 20.2. The van der Waals surface area contributed by atoms with Gasteiger partial charge in [0.05, 0.1) is 0 Å². The largest absolute Gasteiger partial charge is 0.366 e. The summed E-state index contributed by atoms with van der Waals surface area (Å²) in [5.74, 6) is -0.535. The van der Waals surface area contributed by atoms with Crippen molar-refractivity contribution in [3.8, 4) is 0 Å². The molecule has 0 saturated carbocycles. The molecule has 2 amide bonds. The molecule has 2 aromatic carbocycles. The van der Waals surface area contributed by atoms with Gasteiger partial charge in [-0.3, -0.25) is 14.6 Å². The first-order chi connectivity index (χ1) is 13.6. The summed E-state index contributed by atoms with van der Waals surface area (Å²) < 4.78 is 0. The highest BCUT2D eigenvalue weighted by atomic mass is 35.5. The van der Waals surface area contributed by atoms with Gasteiger partial charge in [0.2, 0.25) is 5.91 Å². The molecule has 5 nitrogen and oxygen atoms in total. The molecule has 28 heavy (non-hydrogen) atoms. The van der Waals surface area contributed by atoms with E-state index in [2.05, 4.69) is 10.3 Å². The number of primary amides is 1. The van der Waals surface area contributed by atoms with Gasteiger partial charge in [-0.1, -0.05) is 48.0 Å². The summed E-state index contributed by atoms with van der Waals surface area (Å²) in [5.41, 5.74) is 7.38. The Morgan fingerprint density at radius 2 is 1.61 bits per heavy atom. The number of benzene rings is 2. The normalized spacial score (nSPS) is 10.0. The third-order valence-electron chi connectivity index (χ3n) is 3.58. The molecule has 1 aromatic heterocycles. The number of pyridine rings is 1. The van der Waals surface area contributed by atoms with E-state index < -0.39 is 5.91 Å². The molecule has 0 atom stereocenters. The van der Waals surface area contributed by atoms with Crippen LogP contribution >= 0.6 is 11.6 Å². The van der Waals surface area contributed by atoms with Crippen molar-refractivity contribution in [1.29, 1.82) is 0 Å². The third-order valence-corrected chi connectivity index (χ3v) is 3.95. The van der Waals surface area contributed by atoms with Gasteiger partial charge >= 0.3 is 0 Å². The van der Waals surface area contributed by atoms with Crippen LogP contribution in [0.25, 0.3) is 6.08 Å². The standard InChI is InChI=1S/C14H12ClNO.C8H8N2O/c15-13-9-5-4-8-12(13)10-16-14(17)11-6-2-1-3-7-11;9-8(11)2-1-7-3-5-10-6-4-7/h1-9H,10H2,(H,16,17);1-6H,(H2,9,11)/b;2-1+. The molecule has 0 spiro atoms. The summed E-state index contributed by atoms with van der Waals surface area (Å²) in [6.45, 7) is 0.438. The number of hydrogen-bond acceptors (Lipinski definition) is 3. The van der Waals surface area contributed by atoms with Gasteiger partial charge in [-0.15, -0.1) is 0 Å². The fraction of sp³-hybridized carbons (Fsp3) is 0.0455. The van der Waals surface area contributed by atoms with Crippen molar-refractivity contribution >= 4 is 29.5 Å². The molecule has 0 aliphatic carbocycles. The van der Waals surface area contributed by atoms with E-state index in [-0.39, 0.29) is 5.91 Å². The van der Waals surface area contributed by atoms with E-state index >= 15 is 0 Å². The van der Waals surface area contributed by atoms with Gasteiger partial charge in [-0.25, -0.2) is 0 Å². The smallest absolute Gasteiger partial charge is 0.251 e. The number of carbonyl (C=O) groups excluding carboxylic acids is 2. The number of nitrogens with one attached hydrogen (secondary N) is 1. The fourth-order valence-corrected chi connectivity index (χ4v) is 2.36. The molecule has 0 radical (unpaired) electrons. The van der Waals surface area contributed by atoms with Crippen LogP contribution in [-0.2, 0) is 11.3 Å². The van der Waals surface area contributed by atoms with Crippen molar-refractivity contribution in [3.05, 3.63) is 107 Å². The van der Waals surface area contributed by atoms with E-state index in [1.165, 1.54) is 6.08 Å². The molecule has 1 heterocycles. The zero-order chi connectivity index (χ0) is 20.2. The number of nitrogens with zero attached hydrogens (tertiary/aromatic N) is 1. The first kappa shape index (κ1) is 20.9. The summed E-state index contributed by atoms with van der Waals surface area (Å²) in [6.07, 6.45) is 6.26. The van der Waals surface area contributed by atoms with Crippen LogP contribution in [0.2, 0.25) is 5.02 Å². The first-order valence-corrected chi connectivity index (χ1v) is 8.88. The second kappa shape index (κ2) is 11.3. The van der Waals surface area contributed by atoms with Crippen molar-refractivity contribution in [2.24, 2.45) is 5.73 Å². The Morgan fingerprint density at radius 1 is 0.964 bits per heavy atom. The first-order valence-electron chi connectivity index (χ1n) is 8.50. The molecule has 0 aliphatic rings. The molecule has 3 N–H and O–H groups in total. The number of amides is 2. The molecule has 0 fully saturated rings. The van der Waals surface area contributed by atoms with Crippen LogP contribution in [0, 0.1) is 0 Å². The van der Waals surface area contributed by atoms with Gasteiger partial charge in [0.25, 0.3) is 5.91 Å². The molecular weight excluding hydrogens is 374 g/mol. The number of nitrogens with two attached hydrogens (primary N) is 1. The van der Waals surface area contributed by atoms with Crippen molar-refractivity contribution in [2.75, 3.05) is 0 Å². The van der Waals surface area contributed by atoms with Crippen LogP contribution in [0.1, 0.15) is 21.5 Å². The molecule has 0 saturated heterocycles. The van der Waals surface area contributed by atoms with Gasteiger partial charge in [-0.05, 0) is 47.5 Å². The maximum atomic E-state index is 11.8. The lowest BCUT2D eigenvalue weighted by atomic mass is 10.2. The average molecular weight is 394 g/mol. The highest BCUT2D eigenvalue weighted by Gasteiger charge is 2.05.